The fraction of sp³-hybridized carbons (Fsp3) is 0.562. The summed E-state index contributed by atoms with van der Waals surface area (Å²) >= 11 is 8.99. The highest BCUT2D eigenvalue weighted by molar-refractivity contribution is 9.10. The van der Waals surface area contributed by atoms with Crippen LogP contribution in [0.25, 0.3) is 0 Å². The van der Waals surface area contributed by atoms with E-state index in [-0.39, 0.29) is 23.3 Å². The number of alkyl halides is 3. The SMILES string of the molecule is Cc1nn(CCCNC(=O)CCn2nc(C(F)(F)F)c(Br)c2C)c(C)c1Cl. The minimum Gasteiger partial charge on any atom is -0.356 e. The van der Waals surface area contributed by atoms with Crippen LogP contribution in [0.3, 0.4) is 0 Å². The lowest BCUT2D eigenvalue weighted by molar-refractivity contribution is -0.142. The van der Waals surface area contributed by atoms with E-state index in [1.807, 2.05) is 13.8 Å². The van der Waals surface area contributed by atoms with Crippen LogP contribution in [0, 0.1) is 20.8 Å². The number of halogens is 5. The molecule has 0 aliphatic heterocycles. The molecule has 0 saturated carbocycles. The molecule has 0 saturated heterocycles. The molecule has 0 atom stereocenters. The quantitative estimate of drug-likeness (QED) is 0.621. The van der Waals surface area contributed by atoms with Gasteiger partial charge in [0.25, 0.3) is 0 Å². The van der Waals surface area contributed by atoms with Crippen molar-refractivity contribution in [2.24, 2.45) is 0 Å². The van der Waals surface area contributed by atoms with Crippen LogP contribution in [-0.4, -0.2) is 32.0 Å². The molecule has 0 bridgehead atoms. The normalized spacial score (nSPS) is 11.9. The molecule has 2 heterocycles. The molecule has 11 heteroatoms. The van der Waals surface area contributed by atoms with Crippen LogP contribution < -0.4 is 5.32 Å². The molecule has 0 aliphatic carbocycles. The Balaban J connectivity index is 1.79. The number of carbonyl (C=O) groups is 1. The van der Waals surface area contributed by atoms with E-state index in [1.54, 1.807) is 4.68 Å². The summed E-state index contributed by atoms with van der Waals surface area (Å²) in [5.41, 5.74) is 0.985. The van der Waals surface area contributed by atoms with Gasteiger partial charge in [-0.15, -0.1) is 0 Å². The average Bonchev–Trinajstić information content (AvgIpc) is 3.01. The Morgan fingerprint density at radius 2 is 1.78 bits per heavy atom. The van der Waals surface area contributed by atoms with Crippen LogP contribution in [-0.2, 0) is 24.1 Å². The third-order valence-electron chi connectivity index (χ3n) is 4.11. The van der Waals surface area contributed by atoms with Crippen molar-refractivity contribution in [2.75, 3.05) is 6.54 Å². The third kappa shape index (κ3) is 5.25. The van der Waals surface area contributed by atoms with E-state index in [0.29, 0.717) is 30.2 Å². The molecule has 0 aromatic carbocycles. The van der Waals surface area contributed by atoms with E-state index in [4.69, 9.17) is 11.6 Å². The molecule has 27 heavy (non-hydrogen) atoms. The first-order valence-corrected chi connectivity index (χ1v) is 9.45. The highest BCUT2D eigenvalue weighted by atomic mass is 79.9. The zero-order chi connectivity index (χ0) is 20.4. The van der Waals surface area contributed by atoms with Gasteiger partial charge in [-0.1, -0.05) is 11.6 Å². The fourth-order valence-electron chi connectivity index (χ4n) is 2.57. The van der Waals surface area contributed by atoms with Gasteiger partial charge in [-0.3, -0.25) is 14.2 Å². The Morgan fingerprint density at radius 1 is 1.15 bits per heavy atom. The summed E-state index contributed by atoms with van der Waals surface area (Å²) in [7, 11) is 0. The minimum absolute atomic E-state index is 0.0397. The van der Waals surface area contributed by atoms with Gasteiger partial charge in [-0.2, -0.15) is 23.4 Å². The number of aromatic nitrogens is 4. The maximum atomic E-state index is 12.8. The van der Waals surface area contributed by atoms with Crippen molar-refractivity contribution in [2.45, 2.75) is 52.9 Å². The van der Waals surface area contributed by atoms with Crippen molar-refractivity contribution < 1.29 is 18.0 Å². The van der Waals surface area contributed by atoms with Gasteiger partial charge in [-0.05, 0) is 43.1 Å². The highest BCUT2D eigenvalue weighted by Crippen LogP contribution is 2.35. The van der Waals surface area contributed by atoms with Crippen molar-refractivity contribution in [1.29, 1.82) is 0 Å². The second-order valence-electron chi connectivity index (χ2n) is 6.13. The van der Waals surface area contributed by atoms with Crippen molar-refractivity contribution in [3.8, 4) is 0 Å². The Labute approximate surface area is 168 Å². The Hall–Kier alpha value is -1.55. The fourth-order valence-corrected chi connectivity index (χ4v) is 3.21. The topological polar surface area (TPSA) is 64.7 Å². The van der Waals surface area contributed by atoms with Crippen molar-refractivity contribution in [1.82, 2.24) is 24.9 Å². The smallest absolute Gasteiger partial charge is 0.356 e. The van der Waals surface area contributed by atoms with Crippen LogP contribution >= 0.6 is 27.5 Å². The molecule has 0 spiro atoms. The molecule has 2 aromatic rings. The molecule has 0 aliphatic rings. The number of nitrogens with zero attached hydrogens (tertiary/aromatic N) is 4. The predicted octanol–water partition coefficient (Wildman–Crippen LogP) is 4.04. The Bertz CT molecular complexity index is 831. The summed E-state index contributed by atoms with van der Waals surface area (Å²) in [6, 6.07) is 0. The van der Waals surface area contributed by atoms with Crippen molar-refractivity contribution in [3.63, 3.8) is 0 Å². The summed E-state index contributed by atoms with van der Waals surface area (Å²) in [4.78, 5) is 11.9. The van der Waals surface area contributed by atoms with E-state index < -0.39 is 11.9 Å². The van der Waals surface area contributed by atoms with Crippen LogP contribution in [0.1, 0.15) is 35.6 Å². The van der Waals surface area contributed by atoms with Gasteiger partial charge in [-0.25, -0.2) is 0 Å². The molecule has 0 fully saturated rings. The highest BCUT2D eigenvalue weighted by Gasteiger charge is 2.37. The second kappa shape index (κ2) is 8.64. The molecular weight excluding hydrogens is 451 g/mol. The van der Waals surface area contributed by atoms with Gasteiger partial charge < -0.3 is 5.32 Å². The number of nitrogens with one attached hydrogen (secondary N) is 1. The summed E-state index contributed by atoms with van der Waals surface area (Å²) < 4.78 is 41.4. The maximum Gasteiger partial charge on any atom is 0.436 e. The van der Waals surface area contributed by atoms with Crippen LogP contribution in [0.15, 0.2) is 4.47 Å². The van der Waals surface area contributed by atoms with Gasteiger partial charge >= 0.3 is 6.18 Å². The first kappa shape index (κ1) is 21.7. The minimum atomic E-state index is -4.54. The van der Waals surface area contributed by atoms with E-state index in [2.05, 4.69) is 31.4 Å². The number of hydrogen-bond acceptors (Lipinski definition) is 3. The van der Waals surface area contributed by atoms with Gasteiger partial charge in [0, 0.05) is 19.5 Å². The number of amides is 1. The summed E-state index contributed by atoms with van der Waals surface area (Å²) in [6.45, 7) is 6.33. The lowest BCUT2D eigenvalue weighted by atomic mass is 10.3. The monoisotopic (exact) mass is 469 g/mol. The molecule has 0 unspecified atom stereocenters. The number of carbonyl (C=O) groups excluding carboxylic acids is 1. The molecule has 6 nitrogen and oxygen atoms in total. The summed E-state index contributed by atoms with van der Waals surface area (Å²) in [5.74, 6) is -0.249. The third-order valence-corrected chi connectivity index (χ3v) is 5.61. The van der Waals surface area contributed by atoms with E-state index in [1.165, 1.54) is 11.6 Å². The second-order valence-corrected chi connectivity index (χ2v) is 7.30. The number of aryl methyl sites for hydroxylation is 3. The maximum absolute atomic E-state index is 12.8. The Kier molecular flexibility index (Phi) is 6.96. The molecule has 2 aromatic heterocycles. The van der Waals surface area contributed by atoms with Gasteiger partial charge in [0.1, 0.15) is 0 Å². The predicted molar refractivity (Wildman–Crippen MR) is 98.6 cm³/mol. The van der Waals surface area contributed by atoms with E-state index in [9.17, 15) is 18.0 Å². The summed E-state index contributed by atoms with van der Waals surface area (Å²) in [6.07, 6.45) is -3.84. The lowest BCUT2D eigenvalue weighted by Gasteiger charge is -2.08. The van der Waals surface area contributed by atoms with E-state index >= 15 is 0 Å². The van der Waals surface area contributed by atoms with Gasteiger partial charge in [0.05, 0.1) is 33.1 Å². The molecule has 150 valence electrons. The van der Waals surface area contributed by atoms with Crippen LogP contribution in [0.2, 0.25) is 5.02 Å². The zero-order valence-corrected chi connectivity index (χ0v) is 17.5. The summed E-state index contributed by atoms with van der Waals surface area (Å²) in [5, 5.41) is 11.2. The molecule has 1 amide bonds. The lowest BCUT2D eigenvalue weighted by Crippen LogP contribution is -2.26. The Morgan fingerprint density at radius 3 is 2.30 bits per heavy atom. The molecule has 1 N–H and O–H groups in total. The first-order chi connectivity index (χ1) is 12.5. The number of hydrogen-bond donors (Lipinski definition) is 1. The standard InChI is InChI=1S/C16H20BrClF3N5O/c1-9-14(18)11(3)25(23-9)7-4-6-22-12(27)5-8-26-10(2)13(17)15(24-26)16(19,20)21/h4-8H2,1-3H3,(H,22,27). The van der Waals surface area contributed by atoms with Gasteiger partial charge in [0.15, 0.2) is 5.69 Å². The van der Waals surface area contributed by atoms with Crippen LogP contribution in [0.5, 0.6) is 0 Å². The average molecular weight is 471 g/mol. The first-order valence-electron chi connectivity index (χ1n) is 8.28. The van der Waals surface area contributed by atoms with Gasteiger partial charge in [0.2, 0.25) is 5.91 Å². The molecule has 2 rings (SSSR count). The van der Waals surface area contributed by atoms with Crippen molar-refractivity contribution >= 4 is 33.4 Å². The van der Waals surface area contributed by atoms with Crippen LogP contribution in [0.4, 0.5) is 13.2 Å². The molecular formula is C16H20BrClF3N5O. The number of rotatable bonds is 7. The van der Waals surface area contributed by atoms with Crippen molar-refractivity contribution in [3.05, 3.63) is 32.3 Å². The largest absolute Gasteiger partial charge is 0.436 e. The zero-order valence-electron chi connectivity index (χ0n) is 15.1. The molecule has 0 radical (unpaired) electrons. The van der Waals surface area contributed by atoms with E-state index in [0.717, 1.165) is 11.4 Å².